The minimum absolute atomic E-state index is 0.110. The van der Waals surface area contributed by atoms with Gasteiger partial charge in [0, 0.05) is 54.4 Å². The van der Waals surface area contributed by atoms with Gasteiger partial charge in [0.1, 0.15) is 35.2 Å². The molecule has 0 saturated heterocycles. The number of allylic oxidation sites excluding steroid dienone is 1. The van der Waals surface area contributed by atoms with Crippen molar-refractivity contribution in [2.24, 2.45) is 5.92 Å². The predicted octanol–water partition coefficient (Wildman–Crippen LogP) is 6.62. The molecule has 2 aromatic rings. The summed E-state index contributed by atoms with van der Waals surface area (Å²) >= 11 is 0. The van der Waals surface area contributed by atoms with E-state index in [4.69, 9.17) is 18.3 Å². The molecule has 7 atom stereocenters. The fraction of sp³-hybridized carbons (Fsp3) is 0.611. The minimum atomic E-state index is -1.04. The Balaban J connectivity index is 2.51. The molecule has 2 rings (SSSR count). The first-order chi connectivity index (χ1) is 20.9. The van der Waals surface area contributed by atoms with Gasteiger partial charge in [0.25, 0.3) is 0 Å². The van der Waals surface area contributed by atoms with Gasteiger partial charge in [0.15, 0.2) is 10.9 Å². The molecule has 0 radical (unpaired) electrons. The first-order valence-electron chi connectivity index (χ1n) is 15.9. The number of hydrogen-bond donors (Lipinski definition) is 1. The summed E-state index contributed by atoms with van der Waals surface area (Å²) in [5.74, 6) is -0.831. The van der Waals surface area contributed by atoms with Crippen LogP contribution in [0.3, 0.4) is 0 Å². The lowest BCUT2D eigenvalue weighted by atomic mass is 9.83. The summed E-state index contributed by atoms with van der Waals surface area (Å²) < 4.78 is 23.8. The highest BCUT2D eigenvalue weighted by atomic mass is 16.5. The Bertz CT molecular complexity index is 1530. The fourth-order valence-corrected chi connectivity index (χ4v) is 6.31. The van der Waals surface area contributed by atoms with Crippen molar-refractivity contribution in [3.05, 3.63) is 77.4 Å². The van der Waals surface area contributed by atoms with Crippen molar-refractivity contribution < 1.29 is 33.0 Å². The summed E-state index contributed by atoms with van der Waals surface area (Å²) in [6, 6.07) is 0. The monoisotopic (exact) mass is 628 g/mol. The van der Waals surface area contributed by atoms with Crippen molar-refractivity contribution in [2.45, 2.75) is 139 Å². The number of carbonyl (C=O) groups excluding carboxylic acids is 2. The Hall–Kier alpha value is -3.46. The second-order valence-corrected chi connectivity index (χ2v) is 12.4. The van der Waals surface area contributed by atoms with E-state index in [0.29, 0.717) is 63.7 Å². The zero-order valence-corrected chi connectivity index (χ0v) is 29.2. The van der Waals surface area contributed by atoms with Gasteiger partial charge in [0.2, 0.25) is 0 Å². The lowest BCUT2D eigenvalue weighted by Crippen LogP contribution is -2.38. The SMILES string of the molecule is CCc1oc([C@H](C)[C@H](OC(C)=O)[C@@H](C)[C@H](O)C(C)=C[C@@H](C)c2oc([C@@H](C)[C@H](CC)OC(C)=O)c(C)c(=O)c2C)c(C)c(=O)c1C. The standard InChI is InChI=1S/C36H52O9/c1-14-28-19(5)31(40)23(9)36(44-28)25(11)35(43-27(13)38)21(7)30(39)17(3)16-18(4)33-22(8)32(41)24(10)34(45-33)20(6)29(15-2)42-26(12)37/h16,18,20-21,25,29-30,35,39H,14-15H2,1-13H3/t18-,20+,21+,25-,29+,30-,35-/m1/s1. The molecular formula is C36H52O9. The predicted molar refractivity (Wildman–Crippen MR) is 174 cm³/mol. The number of aryl methyl sites for hydroxylation is 1. The van der Waals surface area contributed by atoms with Crippen LogP contribution in [0.4, 0.5) is 0 Å². The highest BCUT2D eigenvalue weighted by Crippen LogP contribution is 2.34. The van der Waals surface area contributed by atoms with Gasteiger partial charge in [-0.15, -0.1) is 0 Å². The molecule has 0 amide bonds. The normalized spacial score (nSPS) is 16.7. The Kier molecular flexibility index (Phi) is 13.2. The maximum Gasteiger partial charge on any atom is 0.302 e. The van der Waals surface area contributed by atoms with E-state index in [1.165, 1.54) is 13.8 Å². The van der Waals surface area contributed by atoms with E-state index in [2.05, 4.69) is 0 Å². The number of aliphatic hydroxyl groups excluding tert-OH is 1. The molecule has 0 aliphatic carbocycles. The van der Waals surface area contributed by atoms with Crippen LogP contribution in [-0.4, -0.2) is 35.4 Å². The van der Waals surface area contributed by atoms with Crippen molar-refractivity contribution in [2.75, 3.05) is 0 Å². The summed E-state index contributed by atoms with van der Waals surface area (Å²) in [6.07, 6.45) is 0.636. The third kappa shape index (κ3) is 8.43. The van der Waals surface area contributed by atoms with E-state index in [-0.39, 0.29) is 16.8 Å². The average Bonchev–Trinajstić information content (AvgIpc) is 2.98. The van der Waals surface area contributed by atoms with E-state index in [9.17, 15) is 24.3 Å². The summed E-state index contributed by atoms with van der Waals surface area (Å²) in [4.78, 5) is 50.1. The number of carbonyl (C=O) groups is 2. The molecule has 0 spiro atoms. The molecule has 0 unspecified atom stereocenters. The number of rotatable bonds is 13. The molecule has 9 heteroatoms. The highest BCUT2D eigenvalue weighted by Gasteiger charge is 2.36. The summed E-state index contributed by atoms with van der Waals surface area (Å²) in [5.41, 5.74) is 2.28. The van der Waals surface area contributed by atoms with Crippen molar-refractivity contribution in [1.82, 2.24) is 0 Å². The van der Waals surface area contributed by atoms with E-state index >= 15 is 0 Å². The van der Waals surface area contributed by atoms with Gasteiger partial charge in [-0.3, -0.25) is 19.2 Å². The van der Waals surface area contributed by atoms with E-state index < -0.39 is 48.0 Å². The van der Waals surface area contributed by atoms with Crippen molar-refractivity contribution >= 4 is 11.9 Å². The third-order valence-electron chi connectivity index (χ3n) is 8.97. The van der Waals surface area contributed by atoms with Crippen LogP contribution in [0.25, 0.3) is 0 Å². The highest BCUT2D eigenvalue weighted by molar-refractivity contribution is 5.66. The van der Waals surface area contributed by atoms with Crippen molar-refractivity contribution in [3.8, 4) is 0 Å². The van der Waals surface area contributed by atoms with Gasteiger partial charge in [-0.25, -0.2) is 0 Å². The lowest BCUT2D eigenvalue weighted by molar-refractivity contribution is -0.152. The van der Waals surface area contributed by atoms with Gasteiger partial charge >= 0.3 is 11.9 Å². The molecule has 0 aliphatic heterocycles. The van der Waals surface area contributed by atoms with Gasteiger partial charge in [-0.05, 0) is 46.6 Å². The molecule has 45 heavy (non-hydrogen) atoms. The van der Waals surface area contributed by atoms with Crippen LogP contribution in [0, 0.1) is 33.6 Å². The van der Waals surface area contributed by atoms with Crippen LogP contribution < -0.4 is 10.9 Å². The summed E-state index contributed by atoms with van der Waals surface area (Å²) in [6.45, 7) is 22.5. The number of hydrogen-bond acceptors (Lipinski definition) is 9. The second kappa shape index (κ2) is 15.7. The molecule has 0 fully saturated rings. The van der Waals surface area contributed by atoms with Crippen LogP contribution in [0.15, 0.2) is 30.1 Å². The smallest absolute Gasteiger partial charge is 0.302 e. The Labute approximate surface area is 267 Å². The molecule has 0 aromatic carbocycles. The first kappa shape index (κ1) is 37.7. The van der Waals surface area contributed by atoms with Crippen LogP contribution in [0.2, 0.25) is 0 Å². The van der Waals surface area contributed by atoms with E-state index in [1.54, 1.807) is 41.5 Å². The maximum atomic E-state index is 13.3. The molecule has 0 aliphatic rings. The van der Waals surface area contributed by atoms with Crippen molar-refractivity contribution in [1.29, 1.82) is 0 Å². The molecule has 1 N–H and O–H groups in total. The van der Waals surface area contributed by atoms with Crippen LogP contribution in [-0.2, 0) is 25.5 Å². The zero-order chi connectivity index (χ0) is 34.5. The van der Waals surface area contributed by atoms with Crippen molar-refractivity contribution in [3.63, 3.8) is 0 Å². The van der Waals surface area contributed by atoms with Gasteiger partial charge in [-0.1, -0.05) is 47.6 Å². The molecule has 250 valence electrons. The van der Waals surface area contributed by atoms with Crippen LogP contribution >= 0.6 is 0 Å². The largest absolute Gasteiger partial charge is 0.465 e. The summed E-state index contributed by atoms with van der Waals surface area (Å²) in [7, 11) is 0. The molecule has 2 aromatic heterocycles. The molecule has 2 heterocycles. The number of ether oxygens (including phenoxy) is 2. The first-order valence-corrected chi connectivity index (χ1v) is 15.9. The minimum Gasteiger partial charge on any atom is -0.465 e. The number of esters is 2. The molecule has 0 saturated carbocycles. The van der Waals surface area contributed by atoms with E-state index in [1.807, 2.05) is 40.7 Å². The second-order valence-electron chi connectivity index (χ2n) is 12.4. The quantitative estimate of drug-likeness (QED) is 0.192. The Morgan fingerprint density at radius 1 is 0.756 bits per heavy atom. The van der Waals surface area contributed by atoms with Gasteiger partial charge in [0.05, 0.1) is 17.9 Å². The Morgan fingerprint density at radius 2 is 1.24 bits per heavy atom. The van der Waals surface area contributed by atoms with Gasteiger partial charge < -0.3 is 23.4 Å². The molecular weight excluding hydrogens is 576 g/mol. The lowest BCUT2D eigenvalue weighted by Gasteiger charge is -2.32. The maximum absolute atomic E-state index is 13.3. The Morgan fingerprint density at radius 3 is 1.73 bits per heavy atom. The third-order valence-corrected chi connectivity index (χ3v) is 8.97. The molecule has 9 nitrogen and oxygen atoms in total. The fourth-order valence-electron chi connectivity index (χ4n) is 6.31. The average molecular weight is 629 g/mol. The zero-order valence-electron chi connectivity index (χ0n) is 29.2. The van der Waals surface area contributed by atoms with Gasteiger partial charge in [-0.2, -0.15) is 0 Å². The summed E-state index contributed by atoms with van der Waals surface area (Å²) in [5, 5.41) is 11.5. The topological polar surface area (TPSA) is 133 Å². The molecule has 0 bridgehead atoms. The van der Waals surface area contributed by atoms with Crippen LogP contribution in [0.5, 0.6) is 0 Å². The van der Waals surface area contributed by atoms with Crippen LogP contribution in [0.1, 0.15) is 132 Å². The number of aliphatic hydroxyl groups is 1. The van der Waals surface area contributed by atoms with E-state index in [0.717, 1.165) is 0 Å².